The van der Waals surface area contributed by atoms with Crippen LogP contribution < -0.4 is 10.6 Å². The molecule has 158 valence electrons. The number of hydrogen-bond donors (Lipinski definition) is 2. The Balaban J connectivity index is 1.51. The molecule has 0 bridgehead atoms. The van der Waals surface area contributed by atoms with Crippen LogP contribution >= 0.6 is 0 Å². The third-order valence-electron chi connectivity index (χ3n) is 5.43. The molecular formula is C23H35N5O. The van der Waals surface area contributed by atoms with E-state index >= 15 is 0 Å². The number of rotatable bonds is 6. The highest BCUT2D eigenvalue weighted by Gasteiger charge is 2.35. The molecule has 1 aliphatic rings. The molecule has 2 aromatic rings. The zero-order valence-corrected chi connectivity index (χ0v) is 18.2. The lowest BCUT2D eigenvalue weighted by Crippen LogP contribution is -2.47. The summed E-state index contributed by atoms with van der Waals surface area (Å²) in [6.45, 7) is 10.1. The first kappa shape index (κ1) is 21.4. The molecule has 1 saturated heterocycles. The molecule has 1 aliphatic heterocycles. The van der Waals surface area contributed by atoms with Gasteiger partial charge in [0.05, 0.1) is 12.4 Å². The molecule has 2 N–H and O–H groups in total. The fraction of sp³-hybridized carbons (Fsp3) is 0.565. The predicted octanol–water partition coefficient (Wildman–Crippen LogP) is 3.44. The molecule has 0 aliphatic carbocycles. The Hall–Kier alpha value is -2.34. The lowest BCUT2D eigenvalue weighted by molar-refractivity contribution is -0.0835. The molecule has 1 aromatic heterocycles. The molecular weight excluding hydrogens is 362 g/mol. The van der Waals surface area contributed by atoms with Gasteiger partial charge in [0.25, 0.3) is 0 Å². The fourth-order valence-corrected chi connectivity index (χ4v) is 4.07. The van der Waals surface area contributed by atoms with Gasteiger partial charge in [0.1, 0.15) is 0 Å². The van der Waals surface area contributed by atoms with E-state index in [0.717, 1.165) is 38.6 Å². The van der Waals surface area contributed by atoms with Crippen LogP contribution in [0.3, 0.4) is 0 Å². The largest absolute Gasteiger partial charge is 0.377 e. The number of aromatic nitrogens is 2. The minimum absolute atomic E-state index is 0.152. The number of hydrogen-bond acceptors (Lipinski definition) is 3. The van der Waals surface area contributed by atoms with Gasteiger partial charge in [-0.05, 0) is 29.4 Å². The number of nitrogens with zero attached hydrogens (tertiary/aromatic N) is 3. The predicted molar refractivity (Wildman–Crippen MR) is 118 cm³/mol. The van der Waals surface area contributed by atoms with Gasteiger partial charge in [-0.1, -0.05) is 45.0 Å². The summed E-state index contributed by atoms with van der Waals surface area (Å²) in [5.41, 5.74) is 2.65. The first-order valence-corrected chi connectivity index (χ1v) is 10.6. The van der Waals surface area contributed by atoms with Gasteiger partial charge < -0.3 is 19.9 Å². The van der Waals surface area contributed by atoms with Gasteiger partial charge in [-0.2, -0.15) is 0 Å². The van der Waals surface area contributed by atoms with E-state index in [2.05, 4.69) is 70.2 Å². The van der Waals surface area contributed by atoms with Crippen LogP contribution in [0.1, 0.15) is 44.7 Å². The molecule has 0 saturated carbocycles. The summed E-state index contributed by atoms with van der Waals surface area (Å²) in [6.07, 6.45) is 8.24. The van der Waals surface area contributed by atoms with Crippen LogP contribution in [0.25, 0.3) is 0 Å². The molecule has 0 amide bonds. The Bertz CT molecular complexity index is 779. The zero-order chi connectivity index (χ0) is 20.7. The van der Waals surface area contributed by atoms with E-state index in [4.69, 9.17) is 4.74 Å². The Morgan fingerprint density at radius 1 is 1.28 bits per heavy atom. The van der Waals surface area contributed by atoms with Crippen molar-refractivity contribution in [3.8, 4) is 0 Å². The molecule has 29 heavy (non-hydrogen) atoms. The van der Waals surface area contributed by atoms with Gasteiger partial charge in [-0.25, -0.2) is 4.98 Å². The monoisotopic (exact) mass is 397 g/mol. The van der Waals surface area contributed by atoms with Crippen molar-refractivity contribution in [2.24, 2.45) is 16.3 Å². The van der Waals surface area contributed by atoms with Gasteiger partial charge >= 0.3 is 0 Å². The van der Waals surface area contributed by atoms with Crippen molar-refractivity contribution in [1.29, 1.82) is 0 Å². The van der Waals surface area contributed by atoms with Crippen molar-refractivity contribution in [3.05, 3.63) is 54.1 Å². The summed E-state index contributed by atoms with van der Waals surface area (Å²) in [5.74, 6) is 1.34. The molecule has 0 spiro atoms. The number of nitrogens with one attached hydrogen (secondary N) is 2. The van der Waals surface area contributed by atoms with Crippen molar-refractivity contribution >= 4 is 5.96 Å². The molecule has 2 atom stereocenters. The number of ether oxygens (including phenoxy) is 1. The summed E-state index contributed by atoms with van der Waals surface area (Å²) in [7, 11) is 1.82. The van der Waals surface area contributed by atoms with E-state index in [1.54, 1.807) is 0 Å². The fourth-order valence-electron chi connectivity index (χ4n) is 4.07. The van der Waals surface area contributed by atoms with E-state index < -0.39 is 0 Å². The maximum absolute atomic E-state index is 6.10. The third-order valence-corrected chi connectivity index (χ3v) is 5.43. The van der Waals surface area contributed by atoms with Gasteiger partial charge in [-0.3, -0.25) is 4.99 Å². The smallest absolute Gasteiger partial charge is 0.191 e. The highest BCUT2D eigenvalue weighted by atomic mass is 16.5. The second kappa shape index (κ2) is 9.92. The maximum Gasteiger partial charge on any atom is 0.191 e. The summed E-state index contributed by atoms with van der Waals surface area (Å²) >= 11 is 0. The molecule has 1 aromatic carbocycles. The van der Waals surface area contributed by atoms with E-state index in [0.29, 0.717) is 5.92 Å². The number of imidazole rings is 1. The Morgan fingerprint density at radius 3 is 2.83 bits per heavy atom. The van der Waals surface area contributed by atoms with Gasteiger partial charge in [-0.15, -0.1) is 0 Å². The van der Waals surface area contributed by atoms with Crippen LogP contribution in [-0.2, 0) is 17.8 Å². The summed E-state index contributed by atoms with van der Waals surface area (Å²) in [4.78, 5) is 8.51. The summed E-state index contributed by atoms with van der Waals surface area (Å²) in [5, 5.41) is 6.95. The van der Waals surface area contributed by atoms with Crippen LogP contribution in [0.15, 0.2) is 48.0 Å². The Labute approximate surface area is 174 Å². The molecule has 3 rings (SSSR count). The topological polar surface area (TPSA) is 63.5 Å². The van der Waals surface area contributed by atoms with Gasteiger partial charge in [0.2, 0.25) is 0 Å². The van der Waals surface area contributed by atoms with Crippen molar-refractivity contribution < 1.29 is 4.74 Å². The van der Waals surface area contributed by atoms with Crippen molar-refractivity contribution in [2.75, 3.05) is 20.2 Å². The lowest BCUT2D eigenvalue weighted by atomic mass is 9.78. The van der Waals surface area contributed by atoms with Gasteiger partial charge in [0, 0.05) is 51.6 Å². The first-order chi connectivity index (χ1) is 14.0. The van der Waals surface area contributed by atoms with E-state index in [9.17, 15) is 0 Å². The standard InChI is InChI=1S/C23H35N5O/c1-23(2,3)21-20(9-6-12-29-21)15-27-22(24-4)26-14-18-7-5-8-19(13-18)16-28-11-10-25-17-28/h5,7-8,10-11,13,17,20-21H,6,9,12,14-16H2,1-4H3,(H2,24,26,27). The van der Waals surface area contributed by atoms with Crippen LogP contribution in [0, 0.1) is 11.3 Å². The second-order valence-electron chi connectivity index (χ2n) is 8.92. The van der Waals surface area contributed by atoms with Crippen molar-refractivity contribution in [3.63, 3.8) is 0 Å². The highest BCUT2D eigenvalue weighted by molar-refractivity contribution is 5.79. The minimum Gasteiger partial charge on any atom is -0.377 e. The second-order valence-corrected chi connectivity index (χ2v) is 8.92. The van der Waals surface area contributed by atoms with Crippen LogP contribution in [0.2, 0.25) is 0 Å². The first-order valence-electron chi connectivity index (χ1n) is 10.6. The lowest BCUT2D eigenvalue weighted by Gasteiger charge is -2.40. The normalized spacial score (nSPS) is 20.5. The average Bonchev–Trinajstić information content (AvgIpc) is 3.21. The quantitative estimate of drug-likeness (QED) is 0.579. The Kier molecular flexibility index (Phi) is 7.31. The third kappa shape index (κ3) is 6.32. The van der Waals surface area contributed by atoms with Crippen LogP contribution in [-0.4, -0.2) is 41.8 Å². The Morgan fingerprint density at radius 2 is 2.10 bits per heavy atom. The zero-order valence-electron chi connectivity index (χ0n) is 18.2. The van der Waals surface area contributed by atoms with Crippen LogP contribution in [0.5, 0.6) is 0 Å². The molecule has 1 fully saturated rings. The number of benzene rings is 1. The SMILES string of the molecule is CN=C(NCc1cccc(Cn2ccnc2)c1)NCC1CCCOC1C(C)(C)C. The van der Waals surface area contributed by atoms with Crippen LogP contribution in [0.4, 0.5) is 0 Å². The van der Waals surface area contributed by atoms with E-state index in [1.807, 2.05) is 25.8 Å². The average molecular weight is 398 g/mol. The van der Waals surface area contributed by atoms with E-state index in [-0.39, 0.29) is 11.5 Å². The molecule has 0 radical (unpaired) electrons. The van der Waals surface area contributed by atoms with Gasteiger partial charge in [0.15, 0.2) is 5.96 Å². The highest BCUT2D eigenvalue weighted by Crippen LogP contribution is 2.33. The summed E-state index contributed by atoms with van der Waals surface area (Å²) in [6, 6.07) is 8.62. The van der Waals surface area contributed by atoms with Crippen molar-refractivity contribution in [1.82, 2.24) is 20.2 Å². The summed E-state index contributed by atoms with van der Waals surface area (Å²) < 4.78 is 8.17. The minimum atomic E-state index is 0.152. The van der Waals surface area contributed by atoms with Crippen molar-refractivity contribution in [2.45, 2.75) is 52.8 Å². The molecule has 6 nitrogen and oxygen atoms in total. The number of aliphatic imine (C=N–C) groups is 1. The molecule has 6 heteroatoms. The molecule has 2 unspecified atom stereocenters. The van der Waals surface area contributed by atoms with E-state index in [1.165, 1.54) is 17.5 Å². The number of guanidine groups is 1. The molecule has 2 heterocycles. The maximum atomic E-state index is 6.10.